The number of thiazole rings is 1. The Morgan fingerprint density at radius 2 is 2.15 bits per heavy atom. The van der Waals surface area contributed by atoms with Gasteiger partial charge in [-0.2, -0.15) is 0 Å². The minimum absolute atomic E-state index is 0. The van der Waals surface area contributed by atoms with E-state index in [9.17, 15) is 0 Å². The van der Waals surface area contributed by atoms with Crippen molar-refractivity contribution in [2.75, 3.05) is 13.1 Å². The lowest BCUT2D eigenvalue weighted by atomic mass is 9.99. The van der Waals surface area contributed by atoms with E-state index in [1.165, 1.54) is 23.5 Å². The summed E-state index contributed by atoms with van der Waals surface area (Å²) in [5, 5.41) is 6.86. The van der Waals surface area contributed by atoms with Gasteiger partial charge in [-0.25, -0.2) is 4.98 Å². The van der Waals surface area contributed by atoms with Gasteiger partial charge in [0.25, 0.3) is 0 Å². The van der Waals surface area contributed by atoms with Crippen molar-refractivity contribution in [3.63, 3.8) is 0 Å². The molecule has 74 valence electrons. The van der Waals surface area contributed by atoms with Crippen molar-refractivity contribution in [1.82, 2.24) is 10.3 Å². The number of hydrogen-bond acceptors (Lipinski definition) is 3. The Kier molecular flexibility index (Phi) is 4.16. The normalized spacial score (nSPS) is 18.2. The van der Waals surface area contributed by atoms with E-state index in [1.54, 1.807) is 0 Å². The van der Waals surface area contributed by atoms with Crippen LogP contribution in [0.5, 0.6) is 0 Å². The van der Waals surface area contributed by atoms with Crippen LogP contribution in [0.4, 0.5) is 0 Å². The van der Waals surface area contributed by atoms with Gasteiger partial charge in [0.05, 0.1) is 5.01 Å². The predicted molar refractivity (Wildman–Crippen MR) is 58.9 cm³/mol. The number of nitrogens with one attached hydrogen (secondary N) is 1. The van der Waals surface area contributed by atoms with Crippen LogP contribution in [0.3, 0.4) is 0 Å². The first-order valence-corrected chi connectivity index (χ1v) is 5.37. The molecule has 13 heavy (non-hydrogen) atoms. The Labute approximate surface area is 89.2 Å². The van der Waals surface area contributed by atoms with Crippen LogP contribution in [0.2, 0.25) is 0 Å². The van der Waals surface area contributed by atoms with Crippen molar-refractivity contribution < 1.29 is 0 Å². The average molecular weight is 219 g/mol. The fraction of sp³-hybridized carbons (Fsp3) is 0.667. The van der Waals surface area contributed by atoms with Crippen LogP contribution >= 0.6 is 23.7 Å². The van der Waals surface area contributed by atoms with E-state index in [-0.39, 0.29) is 12.4 Å². The molecule has 2 nitrogen and oxygen atoms in total. The van der Waals surface area contributed by atoms with Crippen LogP contribution in [0.15, 0.2) is 5.38 Å². The van der Waals surface area contributed by atoms with Gasteiger partial charge in [-0.3, -0.25) is 0 Å². The van der Waals surface area contributed by atoms with Crippen LogP contribution in [0.1, 0.15) is 29.5 Å². The molecule has 1 aromatic heterocycles. The fourth-order valence-electron chi connectivity index (χ4n) is 1.63. The van der Waals surface area contributed by atoms with E-state index in [0.717, 1.165) is 19.0 Å². The zero-order chi connectivity index (χ0) is 8.39. The molecule has 0 radical (unpaired) electrons. The lowest BCUT2D eigenvalue weighted by Gasteiger charge is -2.20. The van der Waals surface area contributed by atoms with Gasteiger partial charge in [-0.15, -0.1) is 23.7 Å². The number of halogens is 1. The molecule has 0 aromatic carbocycles. The van der Waals surface area contributed by atoms with E-state index in [0.29, 0.717) is 0 Å². The maximum Gasteiger partial charge on any atom is 0.0960 e. The molecule has 0 bridgehead atoms. The second-order valence-electron chi connectivity index (χ2n) is 3.35. The molecule has 0 saturated carbocycles. The molecule has 0 unspecified atom stereocenters. The summed E-state index contributed by atoms with van der Waals surface area (Å²) < 4.78 is 0. The van der Waals surface area contributed by atoms with Crippen molar-refractivity contribution >= 4 is 23.7 Å². The van der Waals surface area contributed by atoms with Crippen LogP contribution in [0, 0.1) is 6.92 Å². The van der Waals surface area contributed by atoms with E-state index in [2.05, 4.69) is 22.6 Å². The third-order valence-electron chi connectivity index (χ3n) is 2.33. The lowest BCUT2D eigenvalue weighted by molar-refractivity contribution is 0.459. The molecule has 0 atom stereocenters. The first-order chi connectivity index (χ1) is 5.86. The SMILES string of the molecule is Cc1csc(C2CCNCC2)n1.Cl. The summed E-state index contributed by atoms with van der Waals surface area (Å²) in [6, 6.07) is 0. The summed E-state index contributed by atoms with van der Waals surface area (Å²) in [7, 11) is 0. The number of hydrogen-bond donors (Lipinski definition) is 1. The number of piperidine rings is 1. The largest absolute Gasteiger partial charge is 0.317 e. The van der Waals surface area contributed by atoms with Crippen LogP contribution < -0.4 is 5.32 Å². The summed E-state index contributed by atoms with van der Waals surface area (Å²) in [5.41, 5.74) is 1.17. The van der Waals surface area contributed by atoms with Crippen molar-refractivity contribution in [1.29, 1.82) is 0 Å². The molecule has 0 spiro atoms. The van der Waals surface area contributed by atoms with Gasteiger partial charge in [0.2, 0.25) is 0 Å². The Bertz CT molecular complexity index is 256. The van der Waals surface area contributed by atoms with Crippen molar-refractivity contribution in [3.05, 3.63) is 16.1 Å². The summed E-state index contributed by atoms with van der Waals surface area (Å²) in [6.07, 6.45) is 2.51. The molecular weight excluding hydrogens is 204 g/mol. The van der Waals surface area contributed by atoms with Crippen LogP contribution in [-0.4, -0.2) is 18.1 Å². The molecule has 1 aromatic rings. The number of nitrogens with zero attached hydrogens (tertiary/aromatic N) is 1. The number of aryl methyl sites for hydroxylation is 1. The molecule has 1 fully saturated rings. The minimum atomic E-state index is 0. The highest BCUT2D eigenvalue weighted by Gasteiger charge is 2.17. The quantitative estimate of drug-likeness (QED) is 0.783. The van der Waals surface area contributed by atoms with Gasteiger partial charge in [-0.1, -0.05) is 0 Å². The second-order valence-corrected chi connectivity index (χ2v) is 4.24. The van der Waals surface area contributed by atoms with Crippen LogP contribution in [-0.2, 0) is 0 Å². The van der Waals surface area contributed by atoms with Crippen molar-refractivity contribution in [3.8, 4) is 0 Å². The maximum atomic E-state index is 4.53. The second kappa shape index (κ2) is 4.94. The zero-order valence-corrected chi connectivity index (χ0v) is 9.38. The predicted octanol–water partition coefficient (Wildman–Crippen LogP) is 2.34. The summed E-state index contributed by atoms with van der Waals surface area (Å²) >= 11 is 1.82. The van der Waals surface area contributed by atoms with Gasteiger partial charge >= 0.3 is 0 Å². The Balaban J connectivity index is 0.000000845. The molecule has 2 heterocycles. The fourth-order valence-corrected chi connectivity index (χ4v) is 2.60. The zero-order valence-electron chi connectivity index (χ0n) is 7.75. The number of rotatable bonds is 1. The molecule has 1 saturated heterocycles. The highest BCUT2D eigenvalue weighted by atomic mass is 35.5. The molecular formula is C9H15ClN2S. The Hall–Kier alpha value is -0.120. The van der Waals surface area contributed by atoms with Gasteiger partial charge in [0, 0.05) is 17.0 Å². The standard InChI is InChI=1S/C9H14N2S.ClH/c1-7-6-12-9(11-7)8-2-4-10-5-3-8;/h6,8,10H,2-5H2,1H3;1H. The van der Waals surface area contributed by atoms with Crippen molar-refractivity contribution in [2.45, 2.75) is 25.7 Å². The highest BCUT2D eigenvalue weighted by Crippen LogP contribution is 2.27. The van der Waals surface area contributed by atoms with Crippen molar-refractivity contribution in [2.24, 2.45) is 0 Å². The molecule has 0 aliphatic carbocycles. The van der Waals surface area contributed by atoms with E-state index < -0.39 is 0 Å². The van der Waals surface area contributed by atoms with Gasteiger partial charge < -0.3 is 5.32 Å². The Morgan fingerprint density at radius 3 is 2.69 bits per heavy atom. The van der Waals surface area contributed by atoms with Gasteiger partial charge in [-0.05, 0) is 32.9 Å². The first kappa shape index (κ1) is 11.0. The van der Waals surface area contributed by atoms with E-state index >= 15 is 0 Å². The molecule has 2 rings (SSSR count). The average Bonchev–Trinajstić information content (AvgIpc) is 2.54. The third-order valence-corrected chi connectivity index (χ3v) is 3.45. The molecule has 4 heteroatoms. The highest BCUT2D eigenvalue weighted by molar-refractivity contribution is 7.09. The van der Waals surface area contributed by atoms with E-state index in [1.807, 2.05) is 11.3 Å². The summed E-state index contributed by atoms with van der Waals surface area (Å²) in [6.45, 7) is 4.38. The molecule has 0 amide bonds. The monoisotopic (exact) mass is 218 g/mol. The van der Waals surface area contributed by atoms with E-state index in [4.69, 9.17) is 0 Å². The van der Waals surface area contributed by atoms with Gasteiger partial charge in [0.15, 0.2) is 0 Å². The first-order valence-electron chi connectivity index (χ1n) is 4.49. The molecule has 1 N–H and O–H groups in total. The van der Waals surface area contributed by atoms with Crippen LogP contribution in [0.25, 0.3) is 0 Å². The maximum absolute atomic E-state index is 4.53. The Morgan fingerprint density at radius 1 is 1.46 bits per heavy atom. The molecule has 1 aliphatic rings. The smallest absolute Gasteiger partial charge is 0.0960 e. The summed E-state index contributed by atoms with van der Waals surface area (Å²) in [5.74, 6) is 0.727. The third kappa shape index (κ3) is 2.66. The lowest BCUT2D eigenvalue weighted by Crippen LogP contribution is -2.26. The minimum Gasteiger partial charge on any atom is -0.317 e. The molecule has 1 aliphatic heterocycles. The summed E-state index contributed by atoms with van der Waals surface area (Å²) in [4.78, 5) is 4.53. The number of aromatic nitrogens is 1. The topological polar surface area (TPSA) is 24.9 Å². The van der Waals surface area contributed by atoms with Gasteiger partial charge in [0.1, 0.15) is 0 Å².